The van der Waals surface area contributed by atoms with Crippen LogP contribution in [0.2, 0.25) is 0 Å². The molecule has 4 aromatic carbocycles. The first-order chi connectivity index (χ1) is 18.3. The minimum Gasteiger partial charge on any atom is -0.436 e. The molecule has 1 aliphatic rings. The summed E-state index contributed by atoms with van der Waals surface area (Å²) in [5.74, 6) is 1.12. The van der Waals surface area contributed by atoms with Gasteiger partial charge in [-0.2, -0.15) is 0 Å². The Balaban J connectivity index is 1.29. The maximum atomic E-state index is 5.95. The number of oxazole rings is 2. The Bertz CT molecular complexity index is 1830. The molecule has 174 valence electrons. The van der Waals surface area contributed by atoms with E-state index in [1.807, 2.05) is 91.0 Å². The predicted octanol–water partition coefficient (Wildman–Crippen LogP) is 8.07. The molecular formula is C32H19N3O2. The molecule has 0 spiro atoms. The summed E-state index contributed by atoms with van der Waals surface area (Å²) in [5.41, 5.74) is 14.2. The van der Waals surface area contributed by atoms with Gasteiger partial charge in [0, 0.05) is 16.9 Å². The number of benzene rings is 4. The first kappa shape index (κ1) is 21.0. The smallest absolute Gasteiger partial charge is 0.235 e. The van der Waals surface area contributed by atoms with Crippen LogP contribution in [0.4, 0.5) is 11.4 Å². The van der Waals surface area contributed by atoms with Crippen LogP contribution in [0, 0.1) is 0 Å². The number of aromatic nitrogens is 2. The van der Waals surface area contributed by atoms with Gasteiger partial charge < -0.3 is 13.7 Å². The molecule has 37 heavy (non-hydrogen) atoms. The lowest BCUT2D eigenvalue weighted by Crippen LogP contribution is -2.15. The minimum absolute atomic E-state index is 0.526. The average Bonchev–Trinajstić information content (AvgIpc) is 3.59. The lowest BCUT2D eigenvalue weighted by atomic mass is 10.1. The number of para-hydroxylation sites is 5. The summed E-state index contributed by atoms with van der Waals surface area (Å²) in [6.07, 6.45) is 3.96. The summed E-state index contributed by atoms with van der Waals surface area (Å²) in [7, 11) is 0. The lowest BCUT2D eigenvalue weighted by Gasteiger charge is -2.25. The van der Waals surface area contributed by atoms with Crippen LogP contribution in [0.3, 0.4) is 0 Å². The van der Waals surface area contributed by atoms with E-state index >= 15 is 0 Å². The van der Waals surface area contributed by atoms with Gasteiger partial charge in [0.2, 0.25) is 11.8 Å². The molecule has 2 aromatic heterocycles. The van der Waals surface area contributed by atoms with Crippen molar-refractivity contribution in [3.63, 3.8) is 0 Å². The van der Waals surface area contributed by atoms with Crippen molar-refractivity contribution in [3.05, 3.63) is 138 Å². The second-order valence-corrected chi connectivity index (χ2v) is 8.57. The van der Waals surface area contributed by atoms with E-state index in [-0.39, 0.29) is 0 Å². The second-order valence-electron chi connectivity index (χ2n) is 8.57. The van der Waals surface area contributed by atoms with Crippen LogP contribution in [0.5, 0.6) is 0 Å². The number of hydrogen-bond acceptors (Lipinski definition) is 5. The molecule has 0 aliphatic heterocycles. The zero-order chi connectivity index (χ0) is 24.6. The van der Waals surface area contributed by atoms with Crippen molar-refractivity contribution in [2.24, 2.45) is 0 Å². The number of fused-ring (bicyclic) bond motifs is 2. The third-order valence-electron chi connectivity index (χ3n) is 6.18. The fourth-order valence-electron chi connectivity index (χ4n) is 4.37. The van der Waals surface area contributed by atoms with E-state index in [0.29, 0.717) is 11.8 Å². The Morgan fingerprint density at radius 3 is 1.78 bits per heavy atom. The van der Waals surface area contributed by atoms with E-state index in [1.165, 1.54) is 0 Å². The SMILES string of the molecule is C1=C=C(N(c2ccccc2)c2ccc(-c3nc4ccccc4o3)cc2)C=CC=1c1nc2ccccc2o1. The molecule has 0 saturated carbocycles. The van der Waals surface area contributed by atoms with Crippen LogP contribution in [-0.4, -0.2) is 9.97 Å². The molecule has 0 N–H and O–H groups in total. The summed E-state index contributed by atoms with van der Waals surface area (Å²) in [5, 5.41) is 0. The molecule has 0 unspecified atom stereocenters. The Morgan fingerprint density at radius 2 is 1.14 bits per heavy atom. The van der Waals surface area contributed by atoms with Crippen molar-refractivity contribution < 1.29 is 8.83 Å². The van der Waals surface area contributed by atoms with Crippen LogP contribution in [0.25, 0.3) is 39.2 Å². The highest BCUT2D eigenvalue weighted by atomic mass is 16.4. The van der Waals surface area contributed by atoms with Crippen molar-refractivity contribution in [2.45, 2.75) is 0 Å². The predicted molar refractivity (Wildman–Crippen MR) is 145 cm³/mol. The van der Waals surface area contributed by atoms with Gasteiger partial charge in [0.15, 0.2) is 11.2 Å². The van der Waals surface area contributed by atoms with Gasteiger partial charge in [0.1, 0.15) is 11.0 Å². The number of hydrogen-bond donors (Lipinski definition) is 0. The van der Waals surface area contributed by atoms with Crippen molar-refractivity contribution in [3.8, 4) is 11.5 Å². The van der Waals surface area contributed by atoms with Gasteiger partial charge in [-0.3, -0.25) is 0 Å². The first-order valence-electron chi connectivity index (χ1n) is 11.9. The number of allylic oxidation sites excluding steroid dienone is 3. The molecule has 0 bridgehead atoms. The average molecular weight is 478 g/mol. The van der Waals surface area contributed by atoms with Crippen molar-refractivity contribution >= 4 is 39.1 Å². The van der Waals surface area contributed by atoms with Gasteiger partial charge in [0.25, 0.3) is 0 Å². The quantitative estimate of drug-likeness (QED) is 0.235. The zero-order valence-electron chi connectivity index (χ0n) is 19.6. The monoisotopic (exact) mass is 477 g/mol. The molecule has 6 aromatic rings. The van der Waals surface area contributed by atoms with Gasteiger partial charge in [-0.25, -0.2) is 9.97 Å². The molecule has 5 nitrogen and oxygen atoms in total. The van der Waals surface area contributed by atoms with Crippen molar-refractivity contribution in [2.75, 3.05) is 4.90 Å². The topological polar surface area (TPSA) is 55.3 Å². The van der Waals surface area contributed by atoms with E-state index < -0.39 is 0 Å². The molecule has 0 atom stereocenters. The van der Waals surface area contributed by atoms with E-state index in [9.17, 15) is 0 Å². The fourth-order valence-corrected chi connectivity index (χ4v) is 4.37. The van der Waals surface area contributed by atoms with Gasteiger partial charge >= 0.3 is 0 Å². The standard InChI is InChI=1S/C32H19N3O2/c1-2-8-24(9-3-1)35(25-18-14-22(15-19-25)31-33-27-10-4-6-12-29(27)36-31)26-20-16-23(17-21-26)32-34-28-11-5-7-13-30(28)37-32/h1-16,18-20H. The maximum absolute atomic E-state index is 5.95. The normalized spacial score (nSPS) is 12.6. The van der Waals surface area contributed by atoms with Crippen LogP contribution in [-0.2, 0) is 0 Å². The van der Waals surface area contributed by atoms with Crippen LogP contribution in [0.15, 0.2) is 141 Å². The Kier molecular flexibility index (Phi) is 4.94. The number of rotatable bonds is 5. The number of anilines is 2. The fraction of sp³-hybridized carbons (Fsp3) is 0. The third-order valence-corrected chi connectivity index (χ3v) is 6.18. The molecule has 0 fully saturated rings. The highest BCUT2D eigenvalue weighted by Crippen LogP contribution is 2.34. The Hall–Kier alpha value is -5.34. The summed E-state index contributed by atoms with van der Waals surface area (Å²) in [4.78, 5) is 11.3. The highest BCUT2D eigenvalue weighted by Gasteiger charge is 2.17. The number of nitrogens with zero attached hydrogens (tertiary/aromatic N) is 3. The molecule has 1 aliphatic carbocycles. The first-order valence-corrected chi connectivity index (χ1v) is 11.9. The van der Waals surface area contributed by atoms with Gasteiger partial charge in [0.05, 0.1) is 11.3 Å². The van der Waals surface area contributed by atoms with Gasteiger partial charge in [-0.05, 0) is 78.5 Å². The summed E-state index contributed by atoms with van der Waals surface area (Å²) in [6, 6.07) is 33.8. The van der Waals surface area contributed by atoms with Crippen LogP contribution >= 0.6 is 0 Å². The van der Waals surface area contributed by atoms with Crippen molar-refractivity contribution in [1.29, 1.82) is 0 Å². The van der Waals surface area contributed by atoms with E-state index in [2.05, 4.69) is 50.6 Å². The molecular weight excluding hydrogens is 458 g/mol. The van der Waals surface area contributed by atoms with E-state index in [0.717, 1.165) is 50.4 Å². The molecule has 5 heteroatoms. The minimum atomic E-state index is 0.526. The molecule has 2 heterocycles. The second kappa shape index (κ2) is 8.71. The van der Waals surface area contributed by atoms with Crippen LogP contribution in [0.1, 0.15) is 5.89 Å². The largest absolute Gasteiger partial charge is 0.436 e. The molecule has 0 radical (unpaired) electrons. The summed E-state index contributed by atoms with van der Waals surface area (Å²) >= 11 is 0. The maximum Gasteiger partial charge on any atom is 0.235 e. The molecule has 0 saturated heterocycles. The Labute approximate surface area is 212 Å². The summed E-state index contributed by atoms with van der Waals surface area (Å²) in [6.45, 7) is 0. The lowest BCUT2D eigenvalue weighted by molar-refractivity contribution is 0.586. The highest BCUT2D eigenvalue weighted by molar-refractivity contribution is 5.81. The third kappa shape index (κ3) is 3.87. The Morgan fingerprint density at radius 1 is 0.541 bits per heavy atom. The van der Waals surface area contributed by atoms with E-state index in [1.54, 1.807) is 0 Å². The molecule has 7 rings (SSSR count). The van der Waals surface area contributed by atoms with Crippen molar-refractivity contribution in [1.82, 2.24) is 9.97 Å². The van der Waals surface area contributed by atoms with Gasteiger partial charge in [-0.15, -0.1) is 0 Å². The molecule has 0 amide bonds. The zero-order valence-corrected chi connectivity index (χ0v) is 19.6. The summed E-state index contributed by atoms with van der Waals surface area (Å²) < 4.78 is 11.9. The van der Waals surface area contributed by atoms with E-state index in [4.69, 9.17) is 8.83 Å². The van der Waals surface area contributed by atoms with Gasteiger partial charge in [-0.1, -0.05) is 48.2 Å². The van der Waals surface area contributed by atoms with Crippen LogP contribution < -0.4 is 4.90 Å².